The third kappa shape index (κ3) is 10.2. The summed E-state index contributed by atoms with van der Waals surface area (Å²) < 4.78 is 133. The van der Waals surface area contributed by atoms with E-state index in [2.05, 4.69) is 0 Å². The van der Waals surface area contributed by atoms with E-state index in [1.807, 2.05) is 0 Å². The molecule has 0 saturated heterocycles. The first kappa shape index (κ1) is 35.5. The minimum atomic E-state index is -6.47. The van der Waals surface area contributed by atoms with Gasteiger partial charge in [0.15, 0.2) is 17.7 Å². The molecule has 1 N–H and O–H groups in total. The number of carboxylic acid groups (broad SMARTS) is 1. The van der Waals surface area contributed by atoms with Crippen molar-refractivity contribution in [1.82, 2.24) is 4.90 Å². The molecule has 1 atom stereocenters. The van der Waals surface area contributed by atoms with Crippen LogP contribution in [0, 0.1) is 11.6 Å². The zero-order valence-electron chi connectivity index (χ0n) is 22.6. The number of hydrogen-bond acceptors (Lipinski definition) is 5. The van der Waals surface area contributed by atoms with Crippen molar-refractivity contribution in [3.63, 3.8) is 0 Å². The van der Waals surface area contributed by atoms with Crippen LogP contribution in [0.5, 0.6) is 11.5 Å². The number of halogens is 9. The Morgan fingerprint density at radius 3 is 2.14 bits per heavy atom. The molecule has 2 aromatic carbocycles. The molecule has 0 aliphatic rings. The lowest BCUT2D eigenvalue weighted by molar-refractivity contribution is -0.355. The highest BCUT2D eigenvalue weighted by atomic mass is 19.4. The zero-order valence-corrected chi connectivity index (χ0v) is 22.6. The highest BCUT2D eigenvalue weighted by Crippen LogP contribution is 2.48. The number of benzene rings is 2. The Kier molecular flexibility index (Phi) is 12.5. The van der Waals surface area contributed by atoms with Crippen molar-refractivity contribution in [3.05, 3.63) is 59.7 Å². The Hall–Kier alpha value is -3.69. The van der Waals surface area contributed by atoms with Gasteiger partial charge in [0.05, 0.1) is 6.54 Å². The van der Waals surface area contributed by atoms with Crippen LogP contribution in [0.1, 0.15) is 31.7 Å². The quantitative estimate of drug-likeness (QED) is 0.160. The summed E-state index contributed by atoms with van der Waals surface area (Å²) >= 11 is 0. The molecule has 16 heteroatoms. The summed E-state index contributed by atoms with van der Waals surface area (Å²) in [5, 5.41) is 9.19. The fourth-order valence-electron chi connectivity index (χ4n) is 3.65. The summed E-state index contributed by atoms with van der Waals surface area (Å²) in [5.74, 6) is -15.5. The van der Waals surface area contributed by atoms with Gasteiger partial charge in [0.1, 0.15) is 18.2 Å². The predicted octanol–water partition coefficient (Wildman–Crippen LogP) is 6.88. The van der Waals surface area contributed by atoms with Crippen molar-refractivity contribution in [3.8, 4) is 11.5 Å². The van der Waals surface area contributed by atoms with Gasteiger partial charge in [0.25, 0.3) is 0 Å². The van der Waals surface area contributed by atoms with Crippen LogP contribution in [0.2, 0.25) is 0 Å². The van der Waals surface area contributed by atoms with E-state index in [4.69, 9.17) is 14.2 Å². The lowest BCUT2D eigenvalue weighted by Crippen LogP contribution is -2.51. The number of rotatable bonds is 16. The first-order chi connectivity index (χ1) is 20.0. The smallest absolute Gasteiger partial charge is 0.459 e. The molecule has 0 saturated carbocycles. The molecule has 2 rings (SSSR count). The monoisotopic (exact) mass is 633 g/mol. The zero-order chi connectivity index (χ0) is 32.4. The number of nitrogens with zero attached hydrogens (tertiary/aromatic N) is 1. The summed E-state index contributed by atoms with van der Waals surface area (Å²) in [6, 6.07) is 8.11. The van der Waals surface area contributed by atoms with Crippen molar-refractivity contribution in [2.45, 2.75) is 56.7 Å². The van der Waals surface area contributed by atoms with Gasteiger partial charge in [-0.25, -0.2) is 18.4 Å². The van der Waals surface area contributed by atoms with Gasteiger partial charge in [0.2, 0.25) is 0 Å². The normalized spacial score (nSPS) is 13.0. The van der Waals surface area contributed by atoms with E-state index in [0.29, 0.717) is 11.6 Å². The number of unbranched alkanes of at least 4 members (excludes halogenated alkanes) is 1. The maximum Gasteiger partial charge on any atom is 0.459 e. The molecule has 0 bridgehead atoms. The number of carboxylic acids is 1. The topological polar surface area (TPSA) is 85.3 Å². The minimum Gasteiger partial charge on any atom is -0.492 e. The third-order valence-corrected chi connectivity index (χ3v) is 5.95. The van der Waals surface area contributed by atoms with Gasteiger partial charge >= 0.3 is 30.1 Å². The average molecular weight is 634 g/mol. The Bertz CT molecular complexity index is 1210. The highest BCUT2D eigenvalue weighted by Gasteiger charge is 2.72. The number of alkyl halides is 7. The molecule has 0 aliphatic carbocycles. The highest BCUT2D eigenvalue weighted by molar-refractivity contribution is 5.72. The van der Waals surface area contributed by atoms with Crippen molar-refractivity contribution in [2.24, 2.45) is 0 Å². The molecule has 0 radical (unpaired) electrons. The molecule has 0 fully saturated rings. The van der Waals surface area contributed by atoms with Gasteiger partial charge in [-0.3, -0.25) is 0 Å². The van der Waals surface area contributed by atoms with Crippen LogP contribution < -0.4 is 9.47 Å². The number of aliphatic carboxylic acids is 1. The van der Waals surface area contributed by atoms with E-state index in [0.717, 1.165) is 17.0 Å². The molecule has 0 spiro atoms. The largest absolute Gasteiger partial charge is 0.492 e. The predicted molar refractivity (Wildman–Crippen MR) is 132 cm³/mol. The molecular weight excluding hydrogens is 605 g/mol. The fourth-order valence-corrected chi connectivity index (χ4v) is 3.65. The van der Waals surface area contributed by atoms with Crippen molar-refractivity contribution < 1.29 is 68.4 Å². The van der Waals surface area contributed by atoms with Gasteiger partial charge in [-0.15, -0.1) is 0 Å². The molecule has 1 unspecified atom stereocenters. The number of ether oxygens (including phenoxy) is 3. The van der Waals surface area contributed by atoms with Crippen LogP contribution in [0.3, 0.4) is 0 Å². The molecular formula is C27H28F9NO6. The second-order valence-electron chi connectivity index (χ2n) is 9.14. The van der Waals surface area contributed by atoms with E-state index in [-0.39, 0.29) is 31.9 Å². The van der Waals surface area contributed by atoms with Gasteiger partial charge in [0, 0.05) is 32.1 Å². The summed E-state index contributed by atoms with van der Waals surface area (Å²) in [6.45, 7) is 0.756. The van der Waals surface area contributed by atoms with Crippen LogP contribution in [0.4, 0.5) is 44.3 Å². The lowest BCUT2D eigenvalue weighted by atomic mass is 10.0. The first-order valence-electron chi connectivity index (χ1n) is 12.8. The molecule has 0 heterocycles. The first-order valence-corrected chi connectivity index (χ1v) is 12.8. The van der Waals surface area contributed by atoms with Gasteiger partial charge < -0.3 is 24.2 Å². The van der Waals surface area contributed by atoms with Crippen molar-refractivity contribution in [1.29, 1.82) is 0 Å². The second kappa shape index (κ2) is 15.2. The number of hydrogen-bond donors (Lipinski definition) is 1. The summed E-state index contributed by atoms with van der Waals surface area (Å²) in [5.41, 5.74) is 0.604. The molecule has 0 aromatic heterocycles. The average Bonchev–Trinajstić information content (AvgIpc) is 2.91. The maximum absolute atomic E-state index is 13.9. The number of amides is 1. The number of carbonyl (C=O) groups excluding carboxylic acids is 1. The van der Waals surface area contributed by atoms with E-state index >= 15 is 0 Å². The SMILES string of the molecule is CCOC(Cc1ccc(OCCN(CCCCC(F)(F)C(F)(F)C(F)(F)F)C(=O)Oc2ccc(F)cc2F)cc1)C(=O)O. The minimum absolute atomic E-state index is 0.0664. The van der Waals surface area contributed by atoms with Gasteiger partial charge in [-0.2, -0.15) is 30.7 Å². The molecule has 2 aromatic rings. The van der Waals surface area contributed by atoms with Crippen LogP contribution in [-0.4, -0.2) is 72.5 Å². The Labute approximate surface area is 240 Å². The second-order valence-corrected chi connectivity index (χ2v) is 9.14. The molecule has 43 heavy (non-hydrogen) atoms. The van der Waals surface area contributed by atoms with E-state index in [1.54, 1.807) is 19.1 Å². The summed E-state index contributed by atoms with van der Waals surface area (Å²) in [6.07, 6.45) is -11.9. The van der Waals surface area contributed by atoms with E-state index in [9.17, 15) is 54.2 Å². The third-order valence-electron chi connectivity index (χ3n) is 5.95. The van der Waals surface area contributed by atoms with Gasteiger partial charge in [-0.05, 0) is 49.6 Å². The van der Waals surface area contributed by atoms with Crippen molar-refractivity contribution in [2.75, 3.05) is 26.3 Å². The molecule has 0 aliphatic heterocycles. The Morgan fingerprint density at radius 1 is 0.930 bits per heavy atom. The Morgan fingerprint density at radius 2 is 1.58 bits per heavy atom. The molecule has 7 nitrogen and oxygen atoms in total. The molecule has 1 amide bonds. The number of carbonyl (C=O) groups is 2. The van der Waals surface area contributed by atoms with Crippen LogP contribution >= 0.6 is 0 Å². The standard InChI is InChI=1S/C27H28F9NO6/c1-2-41-22(23(38)39)15-17-5-8-19(9-6-17)42-14-13-37(24(40)43-21-10-7-18(28)16-20(21)29)12-4-3-11-25(30,31)26(32,33)27(34,35)36/h5-10,16,22H,2-4,11-15H2,1H3,(H,38,39). The van der Waals surface area contributed by atoms with Crippen LogP contribution in [0.15, 0.2) is 42.5 Å². The van der Waals surface area contributed by atoms with Gasteiger partial charge in [-0.1, -0.05) is 12.1 Å². The van der Waals surface area contributed by atoms with E-state index in [1.165, 1.54) is 12.1 Å². The van der Waals surface area contributed by atoms with Crippen LogP contribution in [-0.2, 0) is 16.0 Å². The van der Waals surface area contributed by atoms with Crippen molar-refractivity contribution >= 4 is 12.1 Å². The Balaban J connectivity index is 2.03. The molecule has 240 valence electrons. The summed E-state index contributed by atoms with van der Waals surface area (Å²) in [4.78, 5) is 24.7. The van der Waals surface area contributed by atoms with Crippen LogP contribution in [0.25, 0.3) is 0 Å². The maximum atomic E-state index is 13.9. The lowest BCUT2D eigenvalue weighted by Gasteiger charge is -2.28. The summed E-state index contributed by atoms with van der Waals surface area (Å²) in [7, 11) is 0. The van der Waals surface area contributed by atoms with E-state index < -0.39 is 79.4 Å². The fraction of sp³-hybridized carbons (Fsp3) is 0.481.